The number of anilines is 1. The number of hydrogen-bond acceptors (Lipinski definition) is 1. The van der Waals surface area contributed by atoms with Gasteiger partial charge in [-0.25, -0.2) is 0 Å². The highest BCUT2D eigenvalue weighted by Gasteiger charge is 2.43. The summed E-state index contributed by atoms with van der Waals surface area (Å²) in [4.78, 5) is 12.2. The SMILES string of the molecule is O=C(Nc1ccc(Cl)c(C(F)(F)F)c1)C1CC2CCC1C2. The number of hydrogen-bond donors (Lipinski definition) is 1. The normalized spacial score (nSPS) is 27.9. The van der Waals surface area contributed by atoms with Gasteiger partial charge in [0.1, 0.15) is 0 Å². The van der Waals surface area contributed by atoms with E-state index in [4.69, 9.17) is 11.6 Å². The van der Waals surface area contributed by atoms with Crippen molar-refractivity contribution >= 4 is 23.2 Å². The summed E-state index contributed by atoms with van der Waals surface area (Å²) < 4.78 is 38.4. The van der Waals surface area contributed by atoms with Crippen LogP contribution in [0.25, 0.3) is 0 Å². The number of carbonyl (C=O) groups is 1. The van der Waals surface area contributed by atoms with Crippen LogP contribution in [0.5, 0.6) is 0 Å². The lowest BCUT2D eigenvalue weighted by atomic mass is 9.88. The smallest absolute Gasteiger partial charge is 0.326 e. The molecule has 1 amide bonds. The predicted molar refractivity (Wildman–Crippen MR) is 74.0 cm³/mol. The van der Waals surface area contributed by atoms with E-state index in [0.717, 1.165) is 25.3 Å². The van der Waals surface area contributed by atoms with E-state index < -0.39 is 11.7 Å². The highest BCUT2D eigenvalue weighted by Crippen LogP contribution is 2.48. The standard InChI is InChI=1S/C15H15ClF3NO/c16-13-4-3-10(7-12(13)15(17,18)19)20-14(21)11-6-8-1-2-9(11)5-8/h3-4,7-9,11H,1-2,5-6H2,(H,20,21). The van der Waals surface area contributed by atoms with Crippen molar-refractivity contribution in [1.82, 2.24) is 0 Å². The van der Waals surface area contributed by atoms with Gasteiger partial charge in [-0.2, -0.15) is 13.2 Å². The molecule has 2 aliphatic rings. The maximum atomic E-state index is 12.8. The molecule has 1 aromatic carbocycles. The van der Waals surface area contributed by atoms with E-state index in [0.29, 0.717) is 11.8 Å². The maximum absolute atomic E-state index is 12.8. The van der Waals surface area contributed by atoms with Crippen molar-refractivity contribution in [2.24, 2.45) is 17.8 Å². The molecule has 2 saturated carbocycles. The van der Waals surface area contributed by atoms with Gasteiger partial charge in [0.05, 0.1) is 10.6 Å². The number of amides is 1. The van der Waals surface area contributed by atoms with Gasteiger partial charge in [0.25, 0.3) is 0 Å². The molecule has 1 N–H and O–H groups in total. The van der Waals surface area contributed by atoms with E-state index in [9.17, 15) is 18.0 Å². The van der Waals surface area contributed by atoms with Crippen molar-refractivity contribution in [3.63, 3.8) is 0 Å². The number of rotatable bonds is 2. The lowest BCUT2D eigenvalue weighted by Gasteiger charge is -2.21. The van der Waals surface area contributed by atoms with E-state index in [-0.39, 0.29) is 22.5 Å². The summed E-state index contributed by atoms with van der Waals surface area (Å²) >= 11 is 5.56. The van der Waals surface area contributed by atoms with Crippen molar-refractivity contribution in [2.45, 2.75) is 31.9 Å². The zero-order valence-electron chi connectivity index (χ0n) is 11.2. The topological polar surface area (TPSA) is 29.1 Å². The monoisotopic (exact) mass is 317 g/mol. The van der Waals surface area contributed by atoms with Crippen LogP contribution in [0.15, 0.2) is 18.2 Å². The van der Waals surface area contributed by atoms with E-state index in [1.165, 1.54) is 18.6 Å². The lowest BCUT2D eigenvalue weighted by molar-refractivity contribution is -0.137. The van der Waals surface area contributed by atoms with Crippen molar-refractivity contribution in [1.29, 1.82) is 0 Å². The molecule has 0 heterocycles. The Morgan fingerprint density at radius 3 is 2.57 bits per heavy atom. The summed E-state index contributed by atoms with van der Waals surface area (Å²) in [5, 5.41) is 2.25. The van der Waals surface area contributed by atoms with Crippen molar-refractivity contribution < 1.29 is 18.0 Å². The first-order valence-electron chi connectivity index (χ1n) is 7.02. The van der Waals surface area contributed by atoms with Gasteiger partial charge in [-0.05, 0) is 49.3 Å². The molecule has 0 aromatic heterocycles. The Bertz CT molecular complexity index is 573. The molecule has 6 heteroatoms. The van der Waals surface area contributed by atoms with E-state index >= 15 is 0 Å². The van der Waals surface area contributed by atoms with Gasteiger partial charge < -0.3 is 5.32 Å². The van der Waals surface area contributed by atoms with Crippen LogP contribution in [0.1, 0.15) is 31.2 Å². The average Bonchev–Trinajstić information content (AvgIpc) is 3.02. The van der Waals surface area contributed by atoms with Crippen molar-refractivity contribution in [2.75, 3.05) is 5.32 Å². The molecule has 2 aliphatic carbocycles. The van der Waals surface area contributed by atoms with Crippen molar-refractivity contribution in [3.05, 3.63) is 28.8 Å². The number of fused-ring (bicyclic) bond motifs is 2. The third-order valence-electron chi connectivity index (χ3n) is 4.61. The van der Waals surface area contributed by atoms with Crippen LogP contribution >= 0.6 is 11.6 Å². The summed E-state index contributed by atoms with van der Waals surface area (Å²) in [7, 11) is 0. The number of nitrogens with one attached hydrogen (secondary N) is 1. The van der Waals surface area contributed by atoms with Gasteiger partial charge in [-0.15, -0.1) is 0 Å². The van der Waals surface area contributed by atoms with E-state index in [1.807, 2.05) is 0 Å². The summed E-state index contributed by atoms with van der Waals surface area (Å²) in [5.41, 5.74) is -0.769. The number of halogens is 4. The largest absolute Gasteiger partial charge is 0.417 e. The highest BCUT2D eigenvalue weighted by molar-refractivity contribution is 6.31. The van der Waals surface area contributed by atoms with Crippen LogP contribution in [-0.2, 0) is 11.0 Å². The molecular formula is C15H15ClF3NO. The van der Waals surface area contributed by atoms with Crippen molar-refractivity contribution in [3.8, 4) is 0 Å². The van der Waals surface area contributed by atoms with Gasteiger partial charge in [-0.1, -0.05) is 18.0 Å². The molecule has 0 saturated heterocycles. The minimum Gasteiger partial charge on any atom is -0.326 e. The first-order valence-corrected chi connectivity index (χ1v) is 7.40. The van der Waals surface area contributed by atoms with Crippen LogP contribution in [0, 0.1) is 17.8 Å². The average molecular weight is 318 g/mol. The summed E-state index contributed by atoms with van der Waals surface area (Å²) in [5.74, 6) is 0.775. The molecule has 2 fully saturated rings. The molecule has 3 atom stereocenters. The van der Waals surface area contributed by atoms with Crippen LogP contribution in [-0.4, -0.2) is 5.91 Å². The zero-order chi connectivity index (χ0) is 15.2. The summed E-state index contributed by atoms with van der Waals surface area (Å²) in [6.45, 7) is 0. The van der Waals surface area contributed by atoms with Gasteiger partial charge in [0.2, 0.25) is 5.91 Å². The van der Waals surface area contributed by atoms with Crippen LogP contribution in [0.2, 0.25) is 5.02 Å². The Morgan fingerprint density at radius 2 is 2.00 bits per heavy atom. The Labute approximate surface area is 125 Å². The molecule has 0 radical (unpaired) electrons. The Morgan fingerprint density at radius 1 is 1.24 bits per heavy atom. The molecule has 2 nitrogen and oxygen atoms in total. The highest BCUT2D eigenvalue weighted by atomic mass is 35.5. The van der Waals surface area contributed by atoms with Gasteiger partial charge in [0, 0.05) is 11.6 Å². The Hall–Kier alpha value is -1.23. The fourth-order valence-corrected chi connectivity index (χ4v) is 3.85. The third-order valence-corrected chi connectivity index (χ3v) is 4.94. The second-order valence-corrected chi connectivity index (χ2v) is 6.37. The predicted octanol–water partition coefficient (Wildman–Crippen LogP) is 4.73. The molecule has 3 rings (SSSR count). The quantitative estimate of drug-likeness (QED) is 0.839. The summed E-state index contributed by atoms with van der Waals surface area (Å²) in [6.07, 6.45) is -0.363. The Kier molecular flexibility index (Phi) is 3.64. The molecule has 1 aromatic rings. The maximum Gasteiger partial charge on any atom is 0.417 e. The zero-order valence-corrected chi connectivity index (χ0v) is 12.0. The van der Waals surface area contributed by atoms with Gasteiger partial charge >= 0.3 is 6.18 Å². The first-order chi connectivity index (χ1) is 9.84. The second kappa shape index (κ2) is 5.20. The fraction of sp³-hybridized carbons (Fsp3) is 0.533. The molecule has 114 valence electrons. The fourth-order valence-electron chi connectivity index (χ4n) is 3.62. The van der Waals surface area contributed by atoms with E-state index in [1.54, 1.807) is 0 Å². The minimum absolute atomic E-state index is 0.0613. The minimum atomic E-state index is -4.52. The summed E-state index contributed by atoms with van der Waals surface area (Å²) in [6, 6.07) is 3.47. The first kappa shape index (κ1) is 14.7. The Balaban J connectivity index is 1.75. The molecule has 21 heavy (non-hydrogen) atoms. The molecule has 2 bridgehead atoms. The number of alkyl halides is 3. The number of benzene rings is 1. The van der Waals surface area contributed by atoms with Crippen LogP contribution in [0.3, 0.4) is 0 Å². The van der Waals surface area contributed by atoms with Crippen LogP contribution in [0.4, 0.5) is 18.9 Å². The molecular weight excluding hydrogens is 303 g/mol. The molecule has 3 unspecified atom stereocenters. The molecule has 0 aliphatic heterocycles. The van der Waals surface area contributed by atoms with Gasteiger partial charge in [-0.3, -0.25) is 4.79 Å². The van der Waals surface area contributed by atoms with Gasteiger partial charge in [0.15, 0.2) is 0 Å². The van der Waals surface area contributed by atoms with E-state index in [2.05, 4.69) is 5.32 Å². The lowest BCUT2D eigenvalue weighted by Crippen LogP contribution is -2.27. The molecule has 0 spiro atoms. The number of carbonyl (C=O) groups excluding carboxylic acids is 1. The third kappa shape index (κ3) is 2.89. The second-order valence-electron chi connectivity index (χ2n) is 5.96. The van der Waals surface area contributed by atoms with Crippen LogP contribution < -0.4 is 5.32 Å².